The van der Waals surface area contributed by atoms with E-state index in [1.807, 2.05) is 54.2 Å². The lowest BCUT2D eigenvalue weighted by Gasteiger charge is -2.12. The van der Waals surface area contributed by atoms with Crippen molar-refractivity contribution in [1.82, 2.24) is 25.1 Å². The molecule has 0 saturated carbocycles. The van der Waals surface area contributed by atoms with E-state index in [0.29, 0.717) is 25.6 Å². The van der Waals surface area contributed by atoms with Gasteiger partial charge in [-0.05, 0) is 25.0 Å². The quantitative estimate of drug-likeness (QED) is 0.300. The Balaban J connectivity index is 1.71. The summed E-state index contributed by atoms with van der Waals surface area (Å²) >= 11 is 0. The Kier molecular flexibility index (Phi) is 8.79. The summed E-state index contributed by atoms with van der Waals surface area (Å²) in [7, 11) is -3.35. The Morgan fingerprint density at radius 1 is 1.19 bits per heavy atom. The highest BCUT2D eigenvalue weighted by Crippen LogP contribution is 1.98. The highest BCUT2D eigenvalue weighted by molar-refractivity contribution is 7.89. The van der Waals surface area contributed by atoms with E-state index in [4.69, 9.17) is 0 Å². The Hall–Kier alpha value is -2.39. The van der Waals surface area contributed by atoms with Crippen molar-refractivity contribution in [1.29, 1.82) is 0 Å². The minimum Gasteiger partial charge on any atom is -0.357 e. The number of hydrogen-bond donors (Lipinski definition) is 3. The maximum Gasteiger partial charge on any atom is 0.213 e. The maximum absolute atomic E-state index is 12.1. The van der Waals surface area contributed by atoms with Gasteiger partial charge in [0.25, 0.3) is 0 Å². The minimum atomic E-state index is -3.35. The Bertz CT molecular complexity index is 775. The van der Waals surface area contributed by atoms with Crippen molar-refractivity contribution in [2.45, 2.75) is 26.4 Å². The van der Waals surface area contributed by atoms with Gasteiger partial charge in [0.2, 0.25) is 10.0 Å². The van der Waals surface area contributed by atoms with Crippen molar-refractivity contribution in [3.63, 3.8) is 0 Å². The van der Waals surface area contributed by atoms with Crippen LogP contribution < -0.4 is 15.4 Å². The standard InChI is InChI=1S/C18H28N6O2S/c1-2-19-18(20-10-6-13-24-14-7-11-22-24)21-12-15-27(25,26)23-16-17-8-4-3-5-9-17/h3-5,7-9,11,14,23H,2,6,10,12-13,15-16H2,1H3,(H2,19,20,21). The molecule has 0 radical (unpaired) electrons. The molecule has 0 spiro atoms. The van der Waals surface area contributed by atoms with E-state index in [1.54, 1.807) is 6.20 Å². The van der Waals surface area contributed by atoms with Gasteiger partial charge in [-0.15, -0.1) is 0 Å². The van der Waals surface area contributed by atoms with Gasteiger partial charge >= 0.3 is 0 Å². The molecule has 0 fully saturated rings. The van der Waals surface area contributed by atoms with E-state index < -0.39 is 10.0 Å². The molecule has 148 valence electrons. The van der Waals surface area contributed by atoms with Crippen LogP contribution in [0.3, 0.4) is 0 Å². The molecule has 1 aromatic heterocycles. The fourth-order valence-corrected chi connectivity index (χ4v) is 3.26. The van der Waals surface area contributed by atoms with Gasteiger partial charge < -0.3 is 10.6 Å². The summed E-state index contributed by atoms with van der Waals surface area (Å²) in [4.78, 5) is 4.46. The third-order valence-corrected chi connectivity index (χ3v) is 5.05. The van der Waals surface area contributed by atoms with Crippen LogP contribution in [0.2, 0.25) is 0 Å². The van der Waals surface area contributed by atoms with E-state index in [2.05, 4.69) is 25.4 Å². The van der Waals surface area contributed by atoms with E-state index in [-0.39, 0.29) is 12.3 Å². The molecule has 0 saturated heterocycles. The number of hydrogen-bond acceptors (Lipinski definition) is 4. The molecule has 9 heteroatoms. The third-order valence-electron chi connectivity index (χ3n) is 3.72. The lowest BCUT2D eigenvalue weighted by Crippen LogP contribution is -2.41. The van der Waals surface area contributed by atoms with Crippen molar-refractivity contribution < 1.29 is 8.42 Å². The molecule has 0 atom stereocenters. The molecule has 8 nitrogen and oxygen atoms in total. The lowest BCUT2D eigenvalue weighted by molar-refractivity contribution is 0.579. The molecule has 27 heavy (non-hydrogen) atoms. The summed E-state index contributed by atoms with van der Waals surface area (Å²) < 4.78 is 28.7. The number of nitrogens with zero attached hydrogens (tertiary/aromatic N) is 3. The van der Waals surface area contributed by atoms with Crippen LogP contribution in [0.15, 0.2) is 53.8 Å². The van der Waals surface area contributed by atoms with Crippen LogP contribution >= 0.6 is 0 Å². The van der Waals surface area contributed by atoms with Crippen LogP contribution in [-0.4, -0.2) is 49.5 Å². The molecule has 3 N–H and O–H groups in total. The van der Waals surface area contributed by atoms with Gasteiger partial charge in [-0.2, -0.15) is 5.10 Å². The van der Waals surface area contributed by atoms with E-state index >= 15 is 0 Å². The Labute approximate surface area is 161 Å². The zero-order chi connectivity index (χ0) is 19.4. The van der Waals surface area contributed by atoms with Crippen molar-refractivity contribution in [3.8, 4) is 0 Å². The van der Waals surface area contributed by atoms with Gasteiger partial charge in [0.05, 0.1) is 5.75 Å². The van der Waals surface area contributed by atoms with Crippen molar-refractivity contribution in [2.24, 2.45) is 4.99 Å². The second-order valence-corrected chi connectivity index (χ2v) is 7.86. The monoisotopic (exact) mass is 392 g/mol. The van der Waals surface area contributed by atoms with Crippen LogP contribution in [-0.2, 0) is 23.1 Å². The number of aliphatic imine (C=N–C) groups is 1. The van der Waals surface area contributed by atoms with Crippen LogP contribution in [0, 0.1) is 0 Å². The predicted octanol–water partition coefficient (Wildman–Crippen LogP) is 0.948. The SMILES string of the molecule is CCNC(=NCCCn1cccn1)NCCS(=O)(=O)NCc1ccccc1. The predicted molar refractivity (Wildman–Crippen MR) is 108 cm³/mol. The second kappa shape index (κ2) is 11.3. The Morgan fingerprint density at radius 2 is 2.00 bits per heavy atom. The number of aryl methyl sites for hydroxylation is 1. The number of guanidine groups is 1. The first-order valence-electron chi connectivity index (χ1n) is 9.10. The molecular formula is C18H28N6O2S. The number of sulfonamides is 1. The fraction of sp³-hybridized carbons (Fsp3) is 0.444. The van der Waals surface area contributed by atoms with Crippen LogP contribution in [0.4, 0.5) is 0 Å². The largest absolute Gasteiger partial charge is 0.357 e. The molecular weight excluding hydrogens is 364 g/mol. The molecule has 1 aromatic carbocycles. The van der Waals surface area contributed by atoms with Gasteiger partial charge in [0, 0.05) is 45.1 Å². The normalized spacial score (nSPS) is 12.1. The summed E-state index contributed by atoms with van der Waals surface area (Å²) in [6, 6.07) is 11.3. The smallest absolute Gasteiger partial charge is 0.213 e. The summed E-state index contributed by atoms with van der Waals surface area (Å²) in [5.41, 5.74) is 0.932. The highest BCUT2D eigenvalue weighted by atomic mass is 32.2. The fourth-order valence-electron chi connectivity index (χ4n) is 2.36. The van der Waals surface area contributed by atoms with Gasteiger partial charge in [-0.3, -0.25) is 9.67 Å². The summed E-state index contributed by atoms with van der Waals surface area (Å²) in [6.07, 6.45) is 4.52. The van der Waals surface area contributed by atoms with Crippen LogP contribution in [0.1, 0.15) is 18.9 Å². The second-order valence-electron chi connectivity index (χ2n) is 5.94. The van der Waals surface area contributed by atoms with Crippen molar-refractivity contribution in [2.75, 3.05) is 25.4 Å². The zero-order valence-corrected chi connectivity index (χ0v) is 16.5. The van der Waals surface area contributed by atoms with Gasteiger partial charge in [0.15, 0.2) is 5.96 Å². The number of rotatable bonds is 11. The average molecular weight is 393 g/mol. The van der Waals surface area contributed by atoms with E-state index in [1.165, 1.54) is 0 Å². The van der Waals surface area contributed by atoms with Crippen molar-refractivity contribution >= 4 is 16.0 Å². The van der Waals surface area contributed by atoms with Crippen LogP contribution in [0.25, 0.3) is 0 Å². The van der Waals surface area contributed by atoms with Crippen molar-refractivity contribution in [3.05, 3.63) is 54.4 Å². The van der Waals surface area contributed by atoms with Gasteiger partial charge in [-0.1, -0.05) is 30.3 Å². The third kappa shape index (κ3) is 8.69. The molecule has 0 bridgehead atoms. The van der Waals surface area contributed by atoms with E-state index in [0.717, 1.165) is 18.5 Å². The molecule has 0 aliphatic rings. The molecule has 2 aromatic rings. The first-order valence-corrected chi connectivity index (χ1v) is 10.7. The number of benzene rings is 1. The maximum atomic E-state index is 12.1. The first-order chi connectivity index (χ1) is 13.1. The molecule has 0 unspecified atom stereocenters. The summed E-state index contributed by atoms with van der Waals surface area (Å²) in [5.74, 6) is 0.605. The minimum absolute atomic E-state index is 0.0163. The zero-order valence-electron chi connectivity index (χ0n) is 15.6. The highest BCUT2D eigenvalue weighted by Gasteiger charge is 2.10. The van der Waals surface area contributed by atoms with E-state index in [9.17, 15) is 8.42 Å². The molecule has 0 aliphatic carbocycles. The van der Waals surface area contributed by atoms with Gasteiger partial charge in [-0.25, -0.2) is 13.1 Å². The molecule has 0 amide bonds. The molecule has 1 heterocycles. The first kappa shape index (κ1) is 20.9. The topological polar surface area (TPSA) is 100 Å². The number of nitrogens with one attached hydrogen (secondary N) is 3. The lowest BCUT2D eigenvalue weighted by atomic mass is 10.2. The van der Waals surface area contributed by atoms with Crippen LogP contribution in [0.5, 0.6) is 0 Å². The van der Waals surface area contributed by atoms with Gasteiger partial charge in [0.1, 0.15) is 0 Å². The average Bonchev–Trinajstić information content (AvgIpc) is 3.18. The molecule has 2 rings (SSSR count). The Morgan fingerprint density at radius 3 is 2.70 bits per heavy atom. The number of aromatic nitrogens is 2. The molecule has 0 aliphatic heterocycles. The summed E-state index contributed by atoms with van der Waals surface area (Å²) in [5, 5.41) is 10.3. The summed E-state index contributed by atoms with van der Waals surface area (Å²) in [6.45, 7) is 4.70.